The van der Waals surface area contributed by atoms with Crippen molar-refractivity contribution in [2.75, 3.05) is 23.3 Å². The number of fused-ring (bicyclic) bond motifs is 2. The summed E-state index contributed by atoms with van der Waals surface area (Å²) in [6, 6.07) is 4.83. The molecule has 1 aromatic heterocycles. The van der Waals surface area contributed by atoms with Crippen LogP contribution in [0.5, 0.6) is 0 Å². The van der Waals surface area contributed by atoms with Crippen LogP contribution in [-0.4, -0.2) is 35.8 Å². The van der Waals surface area contributed by atoms with Crippen molar-refractivity contribution in [3.8, 4) is 0 Å². The molecule has 12 heteroatoms. The van der Waals surface area contributed by atoms with Gasteiger partial charge in [-0.2, -0.15) is 13.2 Å². The maximum Gasteiger partial charge on any atom is 0.416 e. The normalized spacial score (nSPS) is 13.2. The highest BCUT2D eigenvalue weighted by molar-refractivity contribution is 6.40. The first kappa shape index (κ1) is 22.2. The quantitative estimate of drug-likeness (QED) is 0.409. The number of nitrogens with one attached hydrogen (secondary N) is 3. The maximum absolute atomic E-state index is 13.5. The minimum atomic E-state index is -4.57. The zero-order chi connectivity index (χ0) is 23.9. The van der Waals surface area contributed by atoms with E-state index in [1.54, 1.807) is 0 Å². The number of carbonyl (C=O) groups excluding carboxylic acids is 3. The van der Waals surface area contributed by atoms with Gasteiger partial charge in [0.2, 0.25) is 5.91 Å². The molecule has 0 saturated carbocycles. The van der Waals surface area contributed by atoms with Crippen molar-refractivity contribution in [2.45, 2.75) is 12.6 Å². The van der Waals surface area contributed by atoms with Gasteiger partial charge < -0.3 is 20.5 Å². The minimum Gasteiger partial charge on any atom is -0.359 e. The van der Waals surface area contributed by atoms with Crippen molar-refractivity contribution in [3.05, 3.63) is 59.3 Å². The van der Waals surface area contributed by atoms with Gasteiger partial charge in [-0.25, -0.2) is 8.78 Å². The van der Waals surface area contributed by atoms with Crippen molar-refractivity contribution in [1.29, 1.82) is 0 Å². The Morgan fingerprint density at radius 1 is 1.03 bits per heavy atom. The molecule has 4 rings (SSSR count). The summed E-state index contributed by atoms with van der Waals surface area (Å²) in [4.78, 5) is 40.4. The Kier molecular flexibility index (Phi) is 5.52. The first-order chi connectivity index (χ1) is 15.5. The second kappa shape index (κ2) is 8.19. The van der Waals surface area contributed by atoms with E-state index in [9.17, 15) is 36.3 Å². The summed E-state index contributed by atoms with van der Waals surface area (Å²) in [5.74, 6) is -5.30. The number of aromatic nitrogens is 1. The number of hydrogen-bond acceptors (Lipinski definition) is 3. The number of alkyl halides is 3. The molecule has 3 N–H and O–H groups in total. The molecule has 33 heavy (non-hydrogen) atoms. The fourth-order valence-corrected chi connectivity index (χ4v) is 3.55. The first-order valence-electron chi connectivity index (χ1n) is 9.60. The molecule has 2 aromatic carbocycles. The van der Waals surface area contributed by atoms with Gasteiger partial charge in [-0.15, -0.1) is 0 Å². The smallest absolute Gasteiger partial charge is 0.359 e. The molecule has 7 nitrogen and oxygen atoms in total. The van der Waals surface area contributed by atoms with Gasteiger partial charge >= 0.3 is 18.0 Å². The number of rotatable bonds is 3. The van der Waals surface area contributed by atoms with Crippen molar-refractivity contribution in [1.82, 2.24) is 10.3 Å². The van der Waals surface area contributed by atoms with Gasteiger partial charge in [0, 0.05) is 29.9 Å². The zero-order valence-corrected chi connectivity index (χ0v) is 16.6. The lowest BCUT2D eigenvalue weighted by molar-refractivity contribution is -0.137. The number of carbonyl (C=O) groups is 3. The van der Waals surface area contributed by atoms with Crippen molar-refractivity contribution < 1.29 is 36.3 Å². The van der Waals surface area contributed by atoms with E-state index in [0.717, 1.165) is 29.2 Å². The Morgan fingerprint density at radius 3 is 2.48 bits per heavy atom. The predicted molar refractivity (Wildman–Crippen MR) is 107 cm³/mol. The Labute approximate surface area is 182 Å². The van der Waals surface area contributed by atoms with Crippen LogP contribution in [0, 0.1) is 11.6 Å². The van der Waals surface area contributed by atoms with Gasteiger partial charge in [0.1, 0.15) is 0 Å². The van der Waals surface area contributed by atoms with Crippen LogP contribution in [-0.2, 0) is 27.0 Å². The monoisotopic (exact) mass is 466 g/mol. The van der Waals surface area contributed by atoms with Gasteiger partial charge in [-0.3, -0.25) is 14.4 Å². The summed E-state index contributed by atoms with van der Waals surface area (Å²) >= 11 is 0. The summed E-state index contributed by atoms with van der Waals surface area (Å²) in [5, 5.41) is 4.46. The van der Waals surface area contributed by atoms with Crippen LogP contribution >= 0.6 is 0 Å². The second-order valence-corrected chi connectivity index (χ2v) is 7.29. The van der Waals surface area contributed by atoms with E-state index in [1.165, 1.54) is 12.3 Å². The highest BCUT2D eigenvalue weighted by atomic mass is 19.4. The number of hydrogen-bond donors (Lipinski definition) is 3. The molecular formula is C21H15F5N4O3. The number of nitrogens with zero attached hydrogens (tertiary/aromatic N) is 1. The van der Waals surface area contributed by atoms with E-state index in [2.05, 4.69) is 15.6 Å². The highest BCUT2D eigenvalue weighted by Gasteiger charge is 2.34. The van der Waals surface area contributed by atoms with Crippen LogP contribution in [0.1, 0.15) is 11.1 Å². The number of aromatic amines is 1. The molecule has 0 bridgehead atoms. The molecule has 3 aromatic rings. The number of halogens is 5. The lowest BCUT2D eigenvalue weighted by Crippen LogP contribution is -2.43. The average Bonchev–Trinajstić information content (AvgIpc) is 3.35. The highest BCUT2D eigenvalue weighted by Crippen LogP contribution is 2.36. The van der Waals surface area contributed by atoms with Crippen LogP contribution in [0.2, 0.25) is 0 Å². The Balaban J connectivity index is 1.39. The SMILES string of the molecule is O=C(NCC(=O)N1CCc2ccc(C(F)(F)F)cc21)C(=O)Nc1c[nH]c2cc(F)c(F)cc12. The molecule has 172 valence electrons. The lowest BCUT2D eigenvalue weighted by atomic mass is 10.1. The Morgan fingerprint density at radius 2 is 1.76 bits per heavy atom. The van der Waals surface area contributed by atoms with E-state index in [-0.39, 0.29) is 28.8 Å². The third kappa shape index (κ3) is 4.36. The third-order valence-electron chi connectivity index (χ3n) is 5.19. The molecule has 1 aliphatic rings. The third-order valence-corrected chi connectivity index (χ3v) is 5.19. The largest absolute Gasteiger partial charge is 0.416 e. The first-order valence-corrected chi connectivity index (χ1v) is 9.60. The van der Waals surface area contributed by atoms with E-state index in [4.69, 9.17) is 0 Å². The van der Waals surface area contributed by atoms with Gasteiger partial charge in [-0.05, 0) is 30.2 Å². The summed E-state index contributed by atoms with van der Waals surface area (Å²) in [6.45, 7) is -0.495. The van der Waals surface area contributed by atoms with Crippen LogP contribution in [0.25, 0.3) is 10.9 Å². The summed E-state index contributed by atoms with van der Waals surface area (Å²) in [6.07, 6.45) is -2.99. The van der Waals surface area contributed by atoms with Gasteiger partial charge in [0.05, 0.1) is 23.3 Å². The number of amides is 3. The second-order valence-electron chi connectivity index (χ2n) is 7.29. The molecule has 0 fully saturated rings. The minimum absolute atomic E-state index is 0.0172. The topological polar surface area (TPSA) is 94.3 Å². The molecule has 3 amide bonds. The molecular weight excluding hydrogens is 451 g/mol. The average molecular weight is 466 g/mol. The van der Waals surface area contributed by atoms with Gasteiger partial charge in [-0.1, -0.05) is 6.07 Å². The summed E-state index contributed by atoms with van der Waals surface area (Å²) in [5.41, 5.74) is -0.0429. The Bertz CT molecular complexity index is 1280. The van der Waals surface area contributed by atoms with E-state index in [0.29, 0.717) is 12.0 Å². The molecule has 0 unspecified atom stereocenters. The van der Waals surface area contributed by atoms with E-state index >= 15 is 0 Å². The summed E-state index contributed by atoms with van der Waals surface area (Å²) < 4.78 is 65.7. The van der Waals surface area contributed by atoms with Crippen LogP contribution < -0.4 is 15.5 Å². The van der Waals surface area contributed by atoms with Gasteiger partial charge in [0.15, 0.2) is 11.6 Å². The molecule has 0 atom stereocenters. The van der Waals surface area contributed by atoms with Crippen LogP contribution in [0.3, 0.4) is 0 Å². The van der Waals surface area contributed by atoms with Crippen molar-refractivity contribution >= 4 is 40.0 Å². The maximum atomic E-state index is 13.5. The molecule has 2 heterocycles. The molecule has 0 aliphatic carbocycles. The van der Waals surface area contributed by atoms with E-state index in [1.807, 2.05) is 0 Å². The van der Waals surface area contributed by atoms with Gasteiger partial charge in [0.25, 0.3) is 0 Å². The lowest BCUT2D eigenvalue weighted by Gasteiger charge is -2.19. The van der Waals surface area contributed by atoms with E-state index < -0.39 is 47.6 Å². The predicted octanol–water partition coefficient (Wildman–Crippen LogP) is 3.11. The Hall–Kier alpha value is -3.96. The standard InChI is InChI=1S/C21H15F5N4O3/c22-13-6-12-15(7-14(13)23)27-8-16(12)29-20(33)19(32)28-9-18(31)30-4-3-10-1-2-11(5-17(10)30)21(24,25)26/h1-2,5-8,27H,3-4,9H2,(H,28,32)(H,29,33). The summed E-state index contributed by atoms with van der Waals surface area (Å²) in [7, 11) is 0. The number of benzene rings is 2. The fraction of sp³-hybridized carbons (Fsp3) is 0.190. The fourth-order valence-electron chi connectivity index (χ4n) is 3.55. The van der Waals surface area contributed by atoms with Crippen LogP contribution in [0.4, 0.5) is 33.3 Å². The molecule has 0 saturated heterocycles. The number of anilines is 2. The molecule has 0 radical (unpaired) electrons. The molecule has 1 aliphatic heterocycles. The van der Waals surface area contributed by atoms with Crippen LogP contribution in [0.15, 0.2) is 36.5 Å². The van der Waals surface area contributed by atoms with Crippen molar-refractivity contribution in [2.24, 2.45) is 0 Å². The van der Waals surface area contributed by atoms with Crippen molar-refractivity contribution in [3.63, 3.8) is 0 Å². The molecule has 0 spiro atoms. The zero-order valence-electron chi connectivity index (χ0n) is 16.6. The number of H-pyrrole nitrogens is 1.